The van der Waals surface area contributed by atoms with Crippen LogP contribution in [0.4, 0.5) is 0 Å². The molecule has 0 atom stereocenters. The summed E-state index contributed by atoms with van der Waals surface area (Å²) in [6.07, 6.45) is 0.964. The average molecular weight is 239 g/mol. The molecular formula is C12H21N3O2. The molecule has 1 aromatic rings. The number of carboxylic acid groups (broad SMARTS) is 1. The van der Waals surface area contributed by atoms with Crippen LogP contribution in [0.2, 0.25) is 0 Å². The number of hydrogen-bond donors (Lipinski definition) is 1. The fourth-order valence-corrected chi connectivity index (χ4v) is 1.74. The fraction of sp³-hybridized carbons (Fsp3) is 0.750. The second-order valence-corrected chi connectivity index (χ2v) is 5.75. The van der Waals surface area contributed by atoms with Crippen LogP contribution in [0.3, 0.4) is 0 Å². The predicted octanol–water partition coefficient (Wildman–Crippen LogP) is 2.32. The molecule has 0 radical (unpaired) electrons. The van der Waals surface area contributed by atoms with Crippen LogP contribution in [0.15, 0.2) is 0 Å². The molecule has 0 amide bonds. The lowest BCUT2D eigenvalue weighted by atomic mass is 9.90. The standard InChI is InChI=1S/C12H21N3O2/c1-8(2)6-7-15-10(12(3,4)5)9(11(16)17)13-14-15/h8H,6-7H2,1-5H3,(H,16,17). The smallest absolute Gasteiger partial charge is 0.358 e. The van der Waals surface area contributed by atoms with Gasteiger partial charge in [0.1, 0.15) is 0 Å². The van der Waals surface area contributed by atoms with Gasteiger partial charge < -0.3 is 5.11 Å². The molecule has 0 saturated heterocycles. The number of carboxylic acids is 1. The topological polar surface area (TPSA) is 68.0 Å². The van der Waals surface area contributed by atoms with Gasteiger partial charge in [0.2, 0.25) is 0 Å². The van der Waals surface area contributed by atoms with Gasteiger partial charge in [0.05, 0.1) is 5.69 Å². The third kappa shape index (κ3) is 3.28. The third-order valence-electron chi connectivity index (χ3n) is 2.57. The SMILES string of the molecule is CC(C)CCn1nnc(C(=O)O)c1C(C)(C)C. The van der Waals surface area contributed by atoms with Crippen LogP contribution in [0.25, 0.3) is 0 Å². The zero-order valence-electron chi connectivity index (χ0n) is 11.2. The largest absolute Gasteiger partial charge is 0.476 e. The predicted molar refractivity (Wildman–Crippen MR) is 65.1 cm³/mol. The van der Waals surface area contributed by atoms with Crippen molar-refractivity contribution in [2.24, 2.45) is 5.92 Å². The Balaban J connectivity index is 3.10. The van der Waals surface area contributed by atoms with E-state index in [4.69, 9.17) is 5.11 Å². The number of hydrogen-bond acceptors (Lipinski definition) is 3. The zero-order chi connectivity index (χ0) is 13.2. The van der Waals surface area contributed by atoms with Gasteiger partial charge in [0.25, 0.3) is 0 Å². The van der Waals surface area contributed by atoms with Crippen molar-refractivity contribution in [3.63, 3.8) is 0 Å². The summed E-state index contributed by atoms with van der Waals surface area (Å²) in [4.78, 5) is 11.1. The first kappa shape index (κ1) is 13.7. The minimum Gasteiger partial charge on any atom is -0.476 e. The zero-order valence-corrected chi connectivity index (χ0v) is 11.2. The Morgan fingerprint density at radius 3 is 2.41 bits per heavy atom. The highest BCUT2D eigenvalue weighted by atomic mass is 16.4. The van der Waals surface area contributed by atoms with Gasteiger partial charge in [0.15, 0.2) is 5.69 Å². The number of aryl methyl sites for hydroxylation is 1. The van der Waals surface area contributed by atoms with Crippen molar-refractivity contribution in [3.05, 3.63) is 11.4 Å². The van der Waals surface area contributed by atoms with Crippen molar-refractivity contribution >= 4 is 5.97 Å². The highest BCUT2D eigenvalue weighted by molar-refractivity contribution is 5.86. The summed E-state index contributed by atoms with van der Waals surface area (Å²) < 4.78 is 1.73. The minimum atomic E-state index is -1.01. The van der Waals surface area contributed by atoms with Crippen LogP contribution >= 0.6 is 0 Å². The maximum absolute atomic E-state index is 11.1. The van der Waals surface area contributed by atoms with Crippen molar-refractivity contribution in [2.75, 3.05) is 0 Å². The molecule has 0 spiro atoms. The van der Waals surface area contributed by atoms with E-state index in [1.807, 2.05) is 20.8 Å². The normalized spacial score (nSPS) is 12.1. The first-order chi connectivity index (χ1) is 7.73. The number of rotatable bonds is 4. The van der Waals surface area contributed by atoms with Crippen molar-refractivity contribution in [2.45, 2.75) is 53.0 Å². The van der Waals surface area contributed by atoms with Crippen molar-refractivity contribution in [1.29, 1.82) is 0 Å². The van der Waals surface area contributed by atoms with Gasteiger partial charge in [-0.1, -0.05) is 39.8 Å². The molecule has 0 bridgehead atoms. The minimum absolute atomic E-state index is 0.0706. The lowest BCUT2D eigenvalue weighted by Gasteiger charge is -2.20. The Kier molecular flexibility index (Phi) is 3.91. The molecule has 1 aromatic heterocycles. The van der Waals surface area contributed by atoms with Crippen LogP contribution in [-0.2, 0) is 12.0 Å². The molecule has 5 nitrogen and oxygen atoms in total. The van der Waals surface area contributed by atoms with Crippen LogP contribution in [-0.4, -0.2) is 26.1 Å². The van der Waals surface area contributed by atoms with Gasteiger partial charge in [-0.3, -0.25) is 0 Å². The molecule has 1 N–H and O–H groups in total. The molecule has 17 heavy (non-hydrogen) atoms. The van der Waals surface area contributed by atoms with E-state index in [0.29, 0.717) is 18.2 Å². The number of aromatic nitrogens is 3. The van der Waals surface area contributed by atoms with Gasteiger partial charge in [-0.15, -0.1) is 5.10 Å². The highest BCUT2D eigenvalue weighted by Crippen LogP contribution is 2.25. The van der Waals surface area contributed by atoms with E-state index >= 15 is 0 Å². The molecule has 0 unspecified atom stereocenters. The first-order valence-electron chi connectivity index (χ1n) is 5.90. The van der Waals surface area contributed by atoms with Gasteiger partial charge in [-0.05, 0) is 12.3 Å². The van der Waals surface area contributed by atoms with E-state index in [1.165, 1.54) is 0 Å². The van der Waals surface area contributed by atoms with E-state index in [2.05, 4.69) is 24.2 Å². The summed E-state index contributed by atoms with van der Waals surface area (Å²) >= 11 is 0. The molecule has 0 aromatic carbocycles. The number of aromatic carboxylic acids is 1. The van der Waals surface area contributed by atoms with Gasteiger partial charge in [-0.2, -0.15) is 0 Å². The summed E-state index contributed by atoms with van der Waals surface area (Å²) in [5.74, 6) is -0.453. The summed E-state index contributed by atoms with van der Waals surface area (Å²) in [7, 11) is 0. The van der Waals surface area contributed by atoms with E-state index < -0.39 is 5.97 Å². The summed E-state index contributed by atoms with van der Waals surface area (Å²) in [6, 6.07) is 0. The molecule has 0 fully saturated rings. The molecule has 1 rings (SSSR count). The van der Waals surface area contributed by atoms with Crippen LogP contribution in [0.5, 0.6) is 0 Å². The monoisotopic (exact) mass is 239 g/mol. The first-order valence-corrected chi connectivity index (χ1v) is 5.90. The maximum atomic E-state index is 11.1. The molecular weight excluding hydrogens is 218 g/mol. The molecule has 0 aliphatic rings. The highest BCUT2D eigenvalue weighted by Gasteiger charge is 2.28. The van der Waals surface area contributed by atoms with Gasteiger partial charge in [0, 0.05) is 12.0 Å². The maximum Gasteiger partial charge on any atom is 0.358 e. The summed E-state index contributed by atoms with van der Waals surface area (Å²) in [6.45, 7) is 10.9. The molecule has 0 aliphatic carbocycles. The van der Waals surface area contributed by atoms with E-state index in [9.17, 15) is 4.79 Å². The van der Waals surface area contributed by atoms with E-state index in [-0.39, 0.29) is 11.1 Å². The number of carbonyl (C=O) groups is 1. The van der Waals surface area contributed by atoms with Crippen molar-refractivity contribution in [1.82, 2.24) is 15.0 Å². The van der Waals surface area contributed by atoms with Gasteiger partial charge in [-0.25, -0.2) is 9.48 Å². The van der Waals surface area contributed by atoms with Crippen LogP contribution in [0.1, 0.15) is 57.2 Å². The Hall–Kier alpha value is -1.39. The second kappa shape index (κ2) is 4.85. The van der Waals surface area contributed by atoms with Crippen LogP contribution in [0, 0.1) is 5.92 Å². The van der Waals surface area contributed by atoms with E-state index in [1.54, 1.807) is 4.68 Å². The second-order valence-electron chi connectivity index (χ2n) is 5.75. The van der Waals surface area contributed by atoms with Crippen molar-refractivity contribution in [3.8, 4) is 0 Å². The Morgan fingerprint density at radius 1 is 1.41 bits per heavy atom. The lowest BCUT2D eigenvalue weighted by Crippen LogP contribution is -2.22. The summed E-state index contributed by atoms with van der Waals surface area (Å²) in [5.41, 5.74) is 0.501. The number of nitrogens with zero attached hydrogens (tertiary/aromatic N) is 3. The van der Waals surface area contributed by atoms with Crippen LogP contribution < -0.4 is 0 Å². The Bertz CT molecular complexity index is 402. The Morgan fingerprint density at radius 2 is 2.00 bits per heavy atom. The van der Waals surface area contributed by atoms with Gasteiger partial charge >= 0.3 is 5.97 Å². The average Bonchev–Trinajstić information content (AvgIpc) is 2.57. The summed E-state index contributed by atoms with van der Waals surface area (Å²) in [5, 5.41) is 16.8. The van der Waals surface area contributed by atoms with E-state index in [0.717, 1.165) is 6.42 Å². The fourth-order valence-electron chi connectivity index (χ4n) is 1.74. The third-order valence-corrected chi connectivity index (χ3v) is 2.57. The molecule has 5 heteroatoms. The molecule has 0 saturated carbocycles. The molecule has 1 heterocycles. The Labute approximate surface area is 102 Å². The molecule has 0 aliphatic heterocycles. The van der Waals surface area contributed by atoms with Crippen molar-refractivity contribution < 1.29 is 9.90 Å². The quantitative estimate of drug-likeness (QED) is 0.875. The molecule has 96 valence electrons. The lowest BCUT2D eigenvalue weighted by molar-refractivity contribution is 0.0687.